The number of ether oxygens (including phenoxy) is 2. The van der Waals surface area contributed by atoms with Crippen molar-refractivity contribution in [2.24, 2.45) is 52.8 Å². The lowest BCUT2D eigenvalue weighted by atomic mass is 9.93. The van der Waals surface area contributed by atoms with Crippen LogP contribution in [0.1, 0.15) is 295 Å². The van der Waals surface area contributed by atoms with Gasteiger partial charge in [0.25, 0.3) is 0 Å². The minimum absolute atomic E-state index is 0. The van der Waals surface area contributed by atoms with Gasteiger partial charge >= 0.3 is 0 Å². The first-order valence-corrected chi connectivity index (χ1v) is 32.3. The van der Waals surface area contributed by atoms with Crippen LogP contribution in [-0.2, 0) is 9.47 Å². The number of hydrogen-bond donors (Lipinski definition) is 4. The van der Waals surface area contributed by atoms with Gasteiger partial charge in [0.15, 0.2) is 0 Å². The van der Waals surface area contributed by atoms with Crippen LogP contribution in [-0.4, -0.2) is 75.6 Å². The summed E-state index contributed by atoms with van der Waals surface area (Å²) >= 11 is 9.53. The third kappa shape index (κ3) is 58.8. The summed E-state index contributed by atoms with van der Waals surface area (Å²) in [6.45, 7) is 51.5. The van der Waals surface area contributed by atoms with Gasteiger partial charge in [0.2, 0.25) is 0 Å². The smallest absolute Gasteiger partial charge is 0.0967 e. The highest BCUT2D eigenvalue weighted by atomic mass is 35.5. The van der Waals surface area contributed by atoms with Gasteiger partial charge in [-0.15, -0.1) is 29.8 Å². The zero-order valence-corrected chi connectivity index (χ0v) is 57.4. The predicted octanol–water partition coefficient (Wildman–Crippen LogP) is 22.3. The molecule has 482 valence electrons. The summed E-state index contributed by atoms with van der Waals surface area (Å²) in [6, 6.07) is 0. The zero-order valence-electron chi connectivity index (χ0n) is 55.9. The third-order valence-electron chi connectivity index (χ3n) is 16.8. The van der Waals surface area contributed by atoms with E-state index in [1.165, 1.54) is 92.9 Å². The Bertz CT molecular complexity index is 1540. The van der Waals surface area contributed by atoms with Crippen LogP contribution in [0.25, 0.3) is 0 Å². The normalized spacial score (nSPS) is 20.8. The molecule has 6 nitrogen and oxygen atoms in total. The summed E-state index contributed by atoms with van der Waals surface area (Å²) in [5.74, 6) is 6.63. The highest BCUT2D eigenvalue weighted by Crippen LogP contribution is 2.57. The van der Waals surface area contributed by atoms with E-state index in [0.717, 1.165) is 113 Å². The van der Waals surface area contributed by atoms with Crippen LogP contribution in [0.3, 0.4) is 0 Å². The van der Waals surface area contributed by atoms with Crippen LogP contribution < -0.4 is 0 Å². The van der Waals surface area contributed by atoms with E-state index < -0.39 is 22.4 Å². The highest BCUT2D eigenvalue weighted by molar-refractivity contribution is 6.40. The second-order valence-electron chi connectivity index (χ2n) is 26.9. The van der Waals surface area contributed by atoms with Crippen LogP contribution in [0, 0.1) is 52.8 Å². The Balaban J connectivity index is -0.000000202. The summed E-state index contributed by atoms with van der Waals surface area (Å²) in [5, 5.41) is 38.6. The molecule has 8 heteroatoms. The van der Waals surface area contributed by atoms with E-state index in [1.54, 1.807) is 7.11 Å². The molecule has 0 radical (unpaired) electrons. The first-order chi connectivity index (χ1) is 36.0. The van der Waals surface area contributed by atoms with Crippen LogP contribution in [0.5, 0.6) is 0 Å². The van der Waals surface area contributed by atoms with Crippen LogP contribution >= 0.6 is 23.2 Å². The maximum absolute atomic E-state index is 9.84. The van der Waals surface area contributed by atoms with E-state index in [2.05, 4.69) is 121 Å². The number of allylic oxidation sites excluding steroid dienone is 7. The zero-order chi connectivity index (χ0) is 61.3. The van der Waals surface area contributed by atoms with Gasteiger partial charge in [-0.05, 0) is 250 Å². The van der Waals surface area contributed by atoms with Gasteiger partial charge in [-0.2, -0.15) is 0 Å². The van der Waals surface area contributed by atoms with Crippen molar-refractivity contribution in [2.45, 2.75) is 317 Å². The molecular formula is C72H144Cl2O6. The Hall–Kier alpha value is -0.960. The maximum Gasteiger partial charge on any atom is 0.0967 e. The van der Waals surface area contributed by atoms with Gasteiger partial charge in [-0.3, -0.25) is 0 Å². The monoisotopic (exact) mass is 1180 g/mol. The SMILES string of the molecule is C.C.C=C(COC)C(C)CCC=C(C)C.C=CC(C)CCCC(C)(C)O.CC(CCCC(C)(C)O)C1CC1.CC/C(C)=C/CCC(C)(O)CC.CCC(C)(O)CCC1CC1(C)CC.COCC1CC1C(C)CCC=C(C)C.ClCCl. The molecule has 0 aromatic heterocycles. The van der Waals surface area contributed by atoms with Gasteiger partial charge in [0.1, 0.15) is 0 Å². The van der Waals surface area contributed by atoms with E-state index in [-0.39, 0.29) is 20.2 Å². The van der Waals surface area contributed by atoms with Crippen LogP contribution in [0.4, 0.5) is 0 Å². The quantitative estimate of drug-likeness (QED) is 0.0396. The van der Waals surface area contributed by atoms with Gasteiger partial charge in [-0.1, -0.05) is 150 Å². The summed E-state index contributed by atoms with van der Waals surface area (Å²) < 4.78 is 10.2. The van der Waals surface area contributed by atoms with Crippen molar-refractivity contribution in [3.63, 3.8) is 0 Å². The number of aliphatic hydroxyl groups is 4. The predicted molar refractivity (Wildman–Crippen MR) is 363 cm³/mol. The van der Waals surface area contributed by atoms with E-state index in [1.807, 2.05) is 61.7 Å². The van der Waals surface area contributed by atoms with Crippen molar-refractivity contribution < 1.29 is 29.9 Å². The summed E-state index contributed by atoms with van der Waals surface area (Å²) in [6.07, 6.45) is 34.1. The van der Waals surface area contributed by atoms with E-state index >= 15 is 0 Å². The minimum Gasteiger partial charge on any atom is -0.390 e. The number of rotatable bonds is 32. The highest BCUT2D eigenvalue weighted by Gasteiger charge is 2.48. The van der Waals surface area contributed by atoms with Crippen molar-refractivity contribution in [3.05, 3.63) is 59.8 Å². The summed E-state index contributed by atoms with van der Waals surface area (Å²) in [5.41, 5.74) is 4.23. The van der Waals surface area contributed by atoms with Gasteiger partial charge < -0.3 is 29.9 Å². The molecule has 0 heterocycles. The van der Waals surface area contributed by atoms with Crippen LogP contribution in [0.15, 0.2) is 59.8 Å². The molecule has 3 aliphatic carbocycles. The van der Waals surface area contributed by atoms with Crippen molar-refractivity contribution in [2.75, 3.05) is 32.8 Å². The molecule has 0 aliphatic heterocycles. The lowest BCUT2D eigenvalue weighted by Gasteiger charge is -2.21. The number of hydrogen-bond acceptors (Lipinski definition) is 6. The first-order valence-electron chi connectivity index (χ1n) is 31.3. The van der Waals surface area contributed by atoms with E-state index in [4.69, 9.17) is 32.7 Å². The molecule has 10 atom stereocenters. The van der Waals surface area contributed by atoms with E-state index in [0.29, 0.717) is 23.9 Å². The fourth-order valence-corrected chi connectivity index (χ4v) is 9.11. The standard InChI is InChI=1S/C13H24O.C12H24O.C12H22O.2C11H22O.C10H20O.CH2Cl2.2CH4/c1-10(2)6-5-7-11(3)13-8-12(13)9-14-4;1-5-11(3)9-10(11)7-8-12(4,13)6-2;1-10(2)7-6-8-11(3)12(4)9-13-5;1-9(10-6-7-10)5-4-8-11(2,3)12;1-5-10(3)8-7-9-11(4,12)6-2;1-5-9(2)7-6-8-10(3,4)11;2-1-3;;/h6,11-13H,5,7-9H2,1-4H3;10,13H,5-9H2,1-4H3;7,11H,4,6,8-9H2,1-3,5H3;9-10,12H,4-8H2,1-3H3;8,12H,5-7,9H2,1-4H3;5,9,11H,1,6-8H2,2-4H3;1H2;2*1H4/b;;;;10-8+;;;;. The Morgan fingerprint density at radius 1 is 0.675 bits per heavy atom. The molecule has 80 heavy (non-hydrogen) atoms. The molecule has 0 saturated heterocycles. The molecule has 0 bridgehead atoms. The number of methoxy groups -OCH3 is 2. The van der Waals surface area contributed by atoms with Crippen LogP contribution in [0.2, 0.25) is 0 Å². The lowest BCUT2D eigenvalue weighted by Crippen LogP contribution is -2.22. The largest absolute Gasteiger partial charge is 0.390 e. The molecule has 4 N–H and O–H groups in total. The average molecular weight is 1180 g/mol. The first kappa shape index (κ1) is 90.2. The molecule has 10 unspecified atom stereocenters. The van der Waals surface area contributed by atoms with Crippen molar-refractivity contribution in [1.29, 1.82) is 0 Å². The topological polar surface area (TPSA) is 99.4 Å². The average Bonchev–Trinajstić information content (AvgIpc) is 4.26. The Morgan fingerprint density at radius 2 is 1.15 bits per heavy atom. The lowest BCUT2D eigenvalue weighted by molar-refractivity contribution is 0.0423. The van der Waals surface area contributed by atoms with Gasteiger partial charge in [0.05, 0.1) is 34.4 Å². The van der Waals surface area contributed by atoms with Crippen molar-refractivity contribution in [3.8, 4) is 0 Å². The molecule has 0 aromatic rings. The molecule has 3 saturated carbocycles. The number of halogens is 2. The van der Waals surface area contributed by atoms with Gasteiger partial charge in [-0.25, -0.2) is 0 Å². The molecule has 0 amide bonds. The molecule has 3 aliphatic rings. The fraction of sp³-hybridized carbons (Fsp3) is 0.861. The van der Waals surface area contributed by atoms with Gasteiger partial charge in [0, 0.05) is 20.8 Å². The molecule has 3 rings (SSSR count). The van der Waals surface area contributed by atoms with E-state index in [9.17, 15) is 20.4 Å². The molecule has 3 fully saturated rings. The Kier molecular flexibility index (Phi) is 56.6. The second kappa shape index (κ2) is 50.2. The van der Waals surface area contributed by atoms with Crippen molar-refractivity contribution in [1.82, 2.24) is 0 Å². The fourth-order valence-electron chi connectivity index (χ4n) is 9.11. The maximum atomic E-state index is 9.84. The second-order valence-corrected chi connectivity index (χ2v) is 27.7. The minimum atomic E-state index is -0.499. The Morgan fingerprint density at radius 3 is 1.54 bits per heavy atom. The Labute approximate surface area is 512 Å². The van der Waals surface area contributed by atoms with Crippen molar-refractivity contribution >= 4 is 23.2 Å². The number of alkyl halides is 2. The third-order valence-corrected chi connectivity index (χ3v) is 16.8. The molecule has 0 spiro atoms. The summed E-state index contributed by atoms with van der Waals surface area (Å²) in [7, 11) is 3.53. The summed E-state index contributed by atoms with van der Waals surface area (Å²) in [4.78, 5) is 0. The molecular weight excluding hydrogens is 1030 g/mol. The molecule has 0 aromatic carbocycles.